The highest BCUT2D eigenvalue weighted by atomic mass is 32.2. The van der Waals surface area contributed by atoms with Gasteiger partial charge in [0.2, 0.25) is 0 Å². The molecule has 2 aromatic rings. The van der Waals surface area contributed by atoms with Crippen molar-refractivity contribution in [2.24, 2.45) is 11.0 Å². The lowest BCUT2D eigenvalue weighted by Crippen LogP contribution is -2.24. The van der Waals surface area contributed by atoms with Crippen molar-refractivity contribution < 1.29 is 13.2 Å². The molecule has 0 radical (unpaired) electrons. The number of hydrogen-bond donors (Lipinski definition) is 2. The molecule has 8 heteroatoms. The SMILES string of the molecule is C[C@H]1CCCCC1=NNC(=O)c1ccc(NS(=O)(=O)c2cccs2)cc1. The number of anilines is 1. The highest BCUT2D eigenvalue weighted by Crippen LogP contribution is 2.21. The average Bonchev–Trinajstić information content (AvgIpc) is 3.17. The maximum absolute atomic E-state index is 12.2. The van der Waals surface area contributed by atoms with Crippen LogP contribution in [-0.4, -0.2) is 20.0 Å². The zero-order valence-corrected chi connectivity index (χ0v) is 16.1. The lowest BCUT2D eigenvalue weighted by Gasteiger charge is -2.19. The third-order valence-corrected chi connectivity index (χ3v) is 7.13. The number of thiophene rings is 1. The number of sulfonamides is 1. The molecule has 26 heavy (non-hydrogen) atoms. The topological polar surface area (TPSA) is 87.6 Å². The number of amides is 1. The number of nitrogens with zero attached hydrogens (tertiary/aromatic N) is 1. The maximum Gasteiger partial charge on any atom is 0.271 e. The first-order chi connectivity index (χ1) is 12.5. The van der Waals surface area contributed by atoms with Crippen LogP contribution < -0.4 is 10.1 Å². The van der Waals surface area contributed by atoms with Gasteiger partial charge in [-0.1, -0.05) is 19.4 Å². The van der Waals surface area contributed by atoms with Gasteiger partial charge in [-0.2, -0.15) is 5.10 Å². The molecule has 1 saturated carbocycles. The first-order valence-corrected chi connectivity index (χ1v) is 10.9. The summed E-state index contributed by atoms with van der Waals surface area (Å²) in [4.78, 5) is 12.2. The Bertz CT molecular complexity index is 888. The quantitative estimate of drug-likeness (QED) is 0.759. The molecule has 2 N–H and O–H groups in total. The van der Waals surface area contributed by atoms with E-state index in [1.165, 1.54) is 6.42 Å². The van der Waals surface area contributed by atoms with Gasteiger partial charge < -0.3 is 0 Å². The van der Waals surface area contributed by atoms with Crippen molar-refractivity contribution in [2.45, 2.75) is 36.8 Å². The predicted octanol–water partition coefficient (Wildman–Crippen LogP) is 3.84. The molecular formula is C18H21N3O3S2. The number of nitrogens with one attached hydrogen (secondary N) is 2. The number of rotatable bonds is 5. The molecule has 138 valence electrons. The summed E-state index contributed by atoms with van der Waals surface area (Å²) >= 11 is 1.15. The fraction of sp³-hybridized carbons (Fsp3) is 0.333. The smallest absolute Gasteiger partial charge is 0.271 e. The van der Waals surface area contributed by atoms with E-state index < -0.39 is 10.0 Å². The second-order valence-electron chi connectivity index (χ2n) is 6.31. The lowest BCUT2D eigenvalue weighted by atomic mass is 9.89. The zero-order chi connectivity index (χ0) is 18.6. The molecule has 0 unspecified atom stereocenters. The van der Waals surface area contributed by atoms with Crippen LogP contribution in [0.25, 0.3) is 0 Å². The minimum Gasteiger partial charge on any atom is -0.279 e. The largest absolute Gasteiger partial charge is 0.279 e. The van der Waals surface area contributed by atoms with Crippen molar-refractivity contribution in [2.75, 3.05) is 4.72 Å². The summed E-state index contributed by atoms with van der Waals surface area (Å²) in [5, 5.41) is 5.97. The Hall–Kier alpha value is -2.19. The van der Waals surface area contributed by atoms with E-state index in [-0.39, 0.29) is 10.1 Å². The molecule has 0 spiro atoms. The molecule has 3 rings (SSSR count). The molecule has 1 heterocycles. The van der Waals surface area contributed by atoms with E-state index in [0.29, 0.717) is 17.2 Å². The van der Waals surface area contributed by atoms with Crippen molar-refractivity contribution in [1.82, 2.24) is 5.43 Å². The number of carbonyl (C=O) groups is 1. The van der Waals surface area contributed by atoms with E-state index in [2.05, 4.69) is 22.2 Å². The summed E-state index contributed by atoms with van der Waals surface area (Å²) in [6, 6.07) is 9.51. The Morgan fingerprint density at radius 2 is 1.96 bits per heavy atom. The maximum atomic E-state index is 12.2. The van der Waals surface area contributed by atoms with Gasteiger partial charge in [-0.15, -0.1) is 11.3 Å². The van der Waals surface area contributed by atoms with Gasteiger partial charge in [0.1, 0.15) is 4.21 Å². The molecule has 1 atom stereocenters. The second-order valence-corrected chi connectivity index (χ2v) is 9.16. The van der Waals surface area contributed by atoms with Gasteiger partial charge in [0.25, 0.3) is 15.9 Å². The molecule has 1 aromatic carbocycles. The van der Waals surface area contributed by atoms with E-state index in [1.54, 1.807) is 41.8 Å². The Labute approximate surface area is 157 Å². The lowest BCUT2D eigenvalue weighted by molar-refractivity contribution is 0.0954. The van der Waals surface area contributed by atoms with Crippen LogP contribution in [0, 0.1) is 5.92 Å². The Kier molecular flexibility index (Phi) is 5.73. The highest BCUT2D eigenvalue weighted by molar-refractivity contribution is 7.94. The average molecular weight is 392 g/mol. The first kappa shape index (κ1) is 18.6. The number of hydrogen-bond acceptors (Lipinski definition) is 5. The zero-order valence-electron chi connectivity index (χ0n) is 14.4. The molecule has 1 aliphatic rings. The van der Waals surface area contributed by atoms with Crippen molar-refractivity contribution >= 4 is 38.7 Å². The molecule has 0 aliphatic heterocycles. The summed E-state index contributed by atoms with van der Waals surface area (Å²) < 4.78 is 27.1. The molecule has 0 bridgehead atoms. The highest BCUT2D eigenvalue weighted by Gasteiger charge is 2.17. The summed E-state index contributed by atoms with van der Waals surface area (Å²) in [7, 11) is -3.59. The molecular weight excluding hydrogens is 370 g/mol. The van der Waals surface area contributed by atoms with E-state index >= 15 is 0 Å². The van der Waals surface area contributed by atoms with E-state index in [0.717, 1.165) is 36.3 Å². The third-order valence-electron chi connectivity index (χ3n) is 4.35. The van der Waals surface area contributed by atoms with Gasteiger partial charge in [0.05, 0.1) is 0 Å². The normalized spacial score (nSPS) is 19.3. The Morgan fingerprint density at radius 1 is 1.19 bits per heavy atom. The van der Waals surface area contributed by atoms with Gasteiger partial charge in [-0.3, -0.25) is 9.52 Å². The van der Waals surface area contributed by atoms with Crippen LogP contribution in [0.4, 0.5) is 5.69 Å². The molecule has 1 aliphatic carbocycles. The number of hydrazone groups is 1. The van der Waals surface area contributed by atoms with Gasteiger partial charge >= 0.3 is 0 Å². The van der Waals surface area contributed by atoms with Gasteiger partial charge in [0.15, 0.2) is 0 Å². The van der Waals surface area contributed by atoms with Gasteiger partial charge in [-0.25, -0.2) is 13.8 Å². The van der Waals surface area contributed by atoms with E-state index in [4.69, 9.17) is 0 Å². The molecule has 6 nitrogen and oxygen atoms in total. The molecule has 0 saturated heterocycles. The third kappa shape index (κ3) is 4.50. The van der Waals surface area contributed by atoms with Gasteiger partial charge in [0, 0.05) is 17.0 Å². The van der Waals surface area contributed by atoms with Gasteiger partial charge in [-0.05, 0) is 60.9 Å². The van der Waals surface area contributed by atoms with Crippen LogP contribution in [-0.2, 0) is 10.0 Å². The summed E-state index contributed by atoms with van der Waals surface area (Å²) in [6.07, 6.45) is 4.34. The first-order valence-electron chi connectivity index (χ1n) is 8.49. The van der Waals surface area contributed by atoms with Crippen molar-refractivity contribution in [3.8, 4) is 0 Å². The fourth-order valence-corrected chi connectivity index (χ4v) is 4.89. The van der Waals surface area contributed by atoms with Crippen LogP contribution in [0.1, 0.15) is 43.0 Å². The minimum absolute atomic E-state index is 0.247. The van der Waals surface area contributed by atoms with Crippen molar-refractivity contribution in [3.05, 3.63) is 47.3 Å². The van der Waals surface area contributed by atoms with Crippen LogP contribution in [0.5, 0.6) is 0 Å². The monoisotopic (exact) mass is 391 g/mol. The Morgan fingerprint density at radius 3 is 2.62 bits per heavy atom. The number of carbonyl (C=O) groups excluding carboxylic acids is 1. The minimum atomic E-state index is -3.59. The summed E-state index contributed by atoms with van der Waals surface area (Å²) in [5.41, 5.74) is 4.47. The molecule has 1 amide bonds. The van der Waals surface area contributed by atoms with Crippen molar-refractivity contribution in [1.29, 1.82) is 0 Å². The Balaban J connectivity index is 1.64. The van der Waals surface area contributed by atoms with Crippen LogP contribution in [0.15, 0.2) is 51.1 Å². The van der Waals surface area contributed by atoms with Crippen LogP contribution in [0.2, 0.25) is 0 Å². The predicted molar refractivity (Wildman–Crippen MR) is 104 cm³/mol. The fourth-order valence-electron chi connectivity index (χ4n) is 2.83. The van der Waals surface area contributed by atoms with Crippen molar-refractivity contribution in [3.63, 3.8) is 0 Å². The van der Waals surface area contributed by atoms with E-state index in [9.17, 15) is 13.2 Å². The molecule has 1 aromatic heterocycles. The summed E-state index contributed by atoms with van der Waals surface area (Å²) in [6.45, 7) is 2.12. The standard InChI is InChI=1S/C18H21N3O3S2/c1-13-5-2-3-6-16(13)19-20-18(22)14-8-10-15(11-9-14)21-26(23,24)17-7-4-12-25-17/h4,7-13,21H,2-3,5-6H2,1H3,(H,20,22)/t13-/m0/s1. The van der Waals surface area contributed by atoms with Crippen LogP contribution in [0.3, 0.4) is 0 Å². The van der Waals surface area contributed by atoms with Crippen LogP contribution >= 0.6 is 11.3 Å². The summed E-state index contributed by atoms with van der Waals surface area (Å²) in [5.74, 6) is 0.0982. The second kappa shape index (κ2) is 8.01. The molecule has 1 fully saturated rings. The number of benzene rings is 1. The van der Waals surface area contributed by atoms with E-state index in [1.807, 2.05) is 0 Å².